The van der Waals surface area contributed by atoms with Crippen molar-refractivity contribution in [2.45, 2.75) is 6.54 Å². The first-order valence-corrected chi connectivity index (χ1v) is 11.6. The summed E-state index contributed by atoms with van der Waals surface area (Å²) in [7, 11) is -4.11. The molecule has 0 atom stereocenters. The molecule has 2 heterocycles. The second kappa shape index (κ2) is 7.74. The SMILES string of the molecule is O=C1/C(=C/Nc2ccccc2Br)S(=O)(=O)N(Cc2ccc(F)cc2)c2ccsc21. The summed E-state index contributed by atoms with van der Waals surface area (Å²) in [4.78, 5) is 12.9. The van der Waals surface area contributed by atoms with Gasteiger partial charge in [0.25, 0.3) is 10.0 Å². The zero-order valence-corrected chi connectivity index (χ0v) is 18.0. The van der Waals surface area contributed by atoms with Crippen LogP contribution in [0.2, 0.25) is 0 Å². The molecule has 0 bridgehead atoms. The van der Waals surface area contributed by atoms with Crippen LogP contribution in [0, 0.1) is 5.82 Å². The molecule has 0 saturated carbocycles. The fraction of sp³-hybridized carbons (Fsp3) is 0.0500. The Bertz CT molecular complexity index is 1220. The second-order valence-corrected chi connectivity index (χ2v) is 9.84. The largest absolute Gasteiger partial charge is 0.359 e. The van der Waals surface area contributed by atoms with E-state index < -0.39 is 21.6 Å². The van der Waals surface area contributed by atoms with Crippen LogP contribution in [0.1, 0.15) is 15.2 Å². The molecule has 0 unspecified atom stereocenters. The first-order chi connectivity index (χ1) is 13.9. The zero-order valence-electron chi connectivity index (χ0n) is 14.8. The molecule has 0 saturated heterocycles. The number of nitrogens with one attached hydrogen (secondary N) is 1. The van der Waals surface area contributed by atoms with Crippen molar-refractivity contribution in [1.29, 1.82) is 0 Å². The van der Waals surface area contributed by atoms with E-state index in [2.05, 4.69) is 21.2 Å². The van der Waals surface area contributed by atoms with Crippen LogP contribution in [0.15, 0.2) is 75.6 Å². The van der Waals surface area contributed by atoms with Crippen LogP contribution in [-0.4, -0.2) is 14.2 Å². The van der Waals surface area contributed by atoms with Crippen LogP contribution >= 0.6 is 27.3 Å². The van der Waals surface area contributed by atoms with Gasteiger partial charge in [0.2, 0.25) is 5.78 Å². The Morgan fingerprint density at radius 1 is 1.10 bits per heavy atom. The minimum atomic E-state index is -4.11. The maximum atomic E-state index is 13.3. The summed E-state index contributed by atoms with van der Waals surface area (Å²) in [5.74, 6) is -0.954. The molecule has 9 heteroatoms. The number of halogens is 2. The lowest BCUT2D eigenvalue weighted by molar-refractivity contribution is 0.104. The fourth-order valence-corrected chi connectivity index (χ4v) is 5.82. The zero-order chi connectivity index (χ0) is 20.6. The van der Waals surface area contributed by atoms with Crippen molar-refractivity contribution in [3.05, 3.63) is 91.8 Å². The molecule has 4 rings (SSSR count). The van der Waals surface area contributed by atoms with E-state index in [-0.39, 0.29) is 11.4 Å². The minimum absolute atomic E-state index is 0.00794. The maximum Gasteiger partial charge on any atom is 0.270 e. The van der Waals surface area contributed by atoms with Gasteiger partial charge in [-0.25, -0.2) is 12.8 Å². The molecule has 5 nitrogen and oxygen atoms in total. The highest BCUT2D eigenvalue weighted by Gasteiger charge is 2.41. The van der Waals surface area contributed by atoms with Gasteiger partial charge in [0.15, 0.2) is 4.91 Å². The van der Waals surface area contributed by atoms with Gasteiger partial charge in [0.05, 0.1) is 17.9 Å². The normalized spacial score (nSPS) is 16.7. The summed E-state index contributed by atoms with van der Waals surface area (Å²) >= 11 is 4.57. The van der Waals surface area contributed by atoms with Crippen LogP contribution in [0.4, 0.5) is 15.8 Å². The number of Topliss-reactive ketones (excluding diaryl/α,β-unsaturated/α-hetero) is 1. The van der Waals surface area contributed by atoms with Crippen molar-refractivity contribution in [2.75, 3.05) is 9.62 Å². The summed E-state index contributed by atoms with van der Waals surface area (Å²) < 4.78 is 41.7. The van der Waals surface area contributed by atoms with Crippen LogP contribution in [-0.2, 0) is 16.6 Å². The molecule has 0 aliphatic carbocycles. The number of sulfonamides is 1. The number of ketones is 1. The van der Waals surface area contributed by atoms with Crippen LogP contribution in [0.5, 0.6) is 0 Å². The highest BCUT2D eigenvalue weighted by atomic mass is 79.9. The smallest absolute Gasteiger partial charge is 0.270 e. The Balaban J connectivity index is 1.75. The lowest BCUT2D eigenvalue weighted by atomic mass is 10.2. The molecule has 1 aliphatic heterocycles. The third-order valence-corrected chi connectivity index (χ3v) is 7.74. The average Bonchev–Trinajstić information content (AvgIpc) is 3.17. The summed E-state index contributed by atoms with van der Waals surface area (Å²) in [5.41, 5.74) is 1.58. The van der Waals surface area contributed by atoms with Gasteiger partial charge in [-0.05, 0) is 57.2 Å². The van der Waals surface area contributed by atoms with Crippen molar-refractivity contribution in [2.24, 2.45) is 0 Å². The van der Waals surface area contributed by atoms with Crippen LogP contribution in [0.3, 0.4) is 0 Å². The van der Waals surface area contributed by atoms with E-state index in [0.29, 0.717) is 21.8 Å². The van der Waals surface area contributed by atoms with E-state index >= 15 is 0 Å². The van der Waals surface area contributed by atoms with E-state index in [1.807, 2.05) is 6.07 Å². The molecule has 148 valence electrons. The number of anilines is 2. The predicted molar refractivity (Wildman–Crippen MR) is 116 cm³/mol. The Labute approximate surface area is 179 Å². The molecule has 0 radical (unpaired) electrons. The van der Waals surface area contributed by atoms with Crippen molar-refractivity contribution in [3.8, 4) is 0 Å². The van der Waals surface area contributed by atoms with Gasteiger partial charge in [-0.15, -0.1) is 11.3 Å². The Hall–Kier alpha value is -2.49. The number of benzene rings is 2. The lowest BCUT2D eigenvalue weighted by Crippen LogP contribution is -2.38. The van der Waals surface area contributed by atoms with E-state index in [9.17, 15) is 17.6 Å². The Kier molecular flexibility index (Phi) is 5.28. The number of allylic oxidation sites excluding steroid dienone is 1. The minimum Gasteiger partial charge on any atom is -0.359 e. The van der Waals surface area contributed by atoms with Crippen molar-refractivity contribution >= 4 is 54.4 Å². The standard InChI is InChI=1S/C20H14BrFN2O3S2/c21-15-3-1-2-4-16(15)23-11-18-19(25)20-17(9-10-28-20)24(29(18,26)27)12-13-5-7-14(22)8-6-13/h1-11,23H,12H2/b18-11-. The average molecular weight is 493 g/mol. The highest BCUT2D eigenvalue weighted by molar-refractivity contribution is 9.10. The highest BCUT2D eigenvalue weighted by Crippen LogP contribution is 2.39. The topological polar surface area (TPSA) is 66.5 Å². The number of carbonyl (C=O) groups excluding carboxylic acids is 1. The molecular weight excluding hydrogens is 479 g/mol. The number of fused-ring (bicyclic) bond motifs is 1. The first kappa shape index (κ1) is 19.8. The third-order valence-electron chi connectivity index (χ3n) is 4.38. The molecule has 1 aromatic heterocycles. The quantitative estimate of drug-likeness (QED) is 0.512. The summed E-state index contributed by atoms with van der Waals surface area (Å²) in [6, 6.07) is 14.4. The van der Waals surface area contributed by atoms with Gasteiger partial charge in [0.1, 0.15) is 10.7 Å². The summed E-state index contributed by atoms with van der Waals surface area (Å²) in [6.07, 6.45) is 1.22. The van der Waals surface area contributed by atoms with Gasteiger partial charge in [-0.3, -0.25) is 9.10 Å². The van der Waals surface area contributed by atoms with Gasteiger partial charge < -0.3 is 5.32 Å². The molecule has 0 spiro atoms. The van der Waals surface area contributed by atoms with E-state index in [4.69, 9.17) is 0 Å². The summed E-state index contributed by atoms with van der Waals surface area (Å²) in [5, 5.41) is 4.58. The predicted octanol–water partition coefficient (Wildman–Crippen LogP) is 5.14. The van der Waals surface area contributed by atoms with E-state index in [1.54, 1.807) is 29.6 Å². The second-order valence-electron chi connectivity index (χ2n) is 6.24. The fourth-order valence-electron chi connectivity index (χ4n) is 2.93. The number of rotatable bonds is 4. The number of thiophene rings is 1. The molecule has 3 aromatic rings. The van der Waals surface area contributed by atoms with Crippen molar-refractivity contribution in [3.63, 3.8) is 0 Å². The lowest BCUT2D eigenvalue weighted by Gasteiger charge is -2.29. The monoisotopic (exact) mass is 492 g/mol. The number of carbonyl (C=O) groups is 1. The van der Waals surface area contributed by atoms with E-state index in [1.165, 1.54) is 46.1 Å². The molecule has 0 amide bonds. The first-order valence-electron chi connectivity index (χ1n) is 8.48. The Morgan fingerprint density at radius 3 is 2.55 bits per heavy atom. The molecule has 2 aromatic carbocycles. The maximum absolute atomic E-state index is 13.3. The van der Waals surface area contributed by atoms with Gasteiger partial charge in [-0.2, -0.15) is 0 Å². The summed E-state index contributed by atoms with van der Waals surface area (Å²) in [6.45, 7) is -0.00794. The van der Waals surface area contributed by atoms with Gasteiger partial charge >= 0.3 is 0 Å². The molecule has 1 aliphatic rings. The Morgan fingerprint density at radius 2 is 1.83 bits per heavy atom. The number of para-hydroxylation sites is 1. The van der Waals surface area contributed by atoms with Crippen LogP contribution < -0.4 is 9.62 Å². The van der Waals surface area contributed by atoms with Gasteiger partial charge in [-0.1, -0.05) is 24.3 Å². The molecule has 1 N–H and O–H groups in total. The molecule has 29 heavy (non-hydrogen) atoms. The number of hydrogen-bond acceptors (Lipinski definition) is 5. The van der Waals surface area contributed by atoms with Crippen molar-refractivity contribution < 1.29 is 17.6 Å². The molecule has 0 fully saturated rings. The molecular formula is C20H14BrFN2O3S2. The number of hydrogen-bond donors (Lipinski definition) is 1. The third kappa shape index (κ3) is 3.73. The van der Waals surface area contributed by atoms with Crippen molar-refractivity contribution in [1.82, 2.24) is 0 Å². The number of nitrogens with zero attached hydrogens (tertiary/aromatic N) is 1. The van der Waals surface area contributed by atoms with Crippen LogP contribution in [0.25, 0.3) is 0 Å². The van der Waals surface area contributed by atoms with E-state index in [0.717, 1.165) is 4.47 Å². The van der Waals surface area contributed by atoms with Gasteiger partial charge in [0, 0.05) is 10.7 Å².